The average Bonchev–Trinajstić information content (AvgIpc) is 2.34. The molecule has 3 nitrogen and oxygen atoms in total. The highest BCUT2D eigenvalue weighted by molar-refractivity contribution is 7.98. The number of thioether (sulfide) groups is 1. The van der Waals surface area contributed by atoms with Crippen LogP contribution < -0.4 is 0 Å². The summed E-state index contributed by atoms with van der Waals surface area (Å²) in [5.41, 5.74) is 0. The molecule has 1 aromatic heterocycles. The van der Waals surface area contributed by atoms with Crippen LogP contribution in [-0.4, -0.2) is 26.8 Å². The molecular formula is C7H13N3S2. The third kappa shape index (κ3) is 1.90. The maximum absolute atomic E-state index is 5.02. The van der Waals surface area contributed by atoms with Crippen molar-refractivity contribution in [3.63, 3.8) is 0 Å². The Morgan fingerprint density at radius 3 is 2.83 bits per heavy atom. The van der Waals surface area contributed by atoms with Gasteiger partial charge in [0.15, 0.2) is 4.77 Å². The highest BCUT2D eigenvalue weighted by atomic mass is 32.2. The molecule has 1 rings (SSSR count). The maximum atomic E-state index is 5.02. The average molecular weight is 203 g/mol. The predicted octanol–water partition coefficient (Wildman–Crippen LogP) is 1.94. The lowest BCUT2D eigenvalue weighted by atomic mass is 10.2. The fourth-order valence-electron chi connectivity index (χ4n) is 1.12. The van der Waals surface area contributed by atoms with Gasteiger partial charge in [-0.15, -0.1) is 0 Å². The van der Waals surface area contributed by atoms with Crippen LogP contribution in [0.5, 0.6) is 0 Å². The Morgan fingerprint density at radius 1 is 1.75 bits per heavy atom. The summed E-state index contributed by atoms with van der Waals surface area (Å²) in [6.07, 6.45) is 2.10. The van der Waals surface area contributed by atoms with Crippen molar-refractivity contribution in [2.45, 2.75) is 12.8 Å². The molecule has 12 heavy (non-hydrogen) atoms. The monoisotopic (exact) mass is 203 g/mol. The Labute approximate surface area is 81.6 Å². The zero-order chi connectivity index (χ0) is 9.14. The second kappa shape index (κ2) is 4.09. The van der Waals surface area contributed by atoms with Gasteiger partial charge in [0.05, 0.1) is 0 Å². The largest absolute Gasteiger partial charge is 0.307 e. The van der Waals surface area contributed by atoms with E-state index in [0.717, 1.165) is 11.6 Å². The third-order valence-corrected chi connectivity index (χ3v) is 2.97. The van der Waals surface area contributed by atoms with Gasteiger partial charge in [0.25, 0.3) is 0 Å². The Balaban J connectivity index is 2.87. The van der Waals surface area contributed by atoms with Crippen molar-refractivity contribution in [3.05, 3.63) is 10.6 Å². The van der Waals surface area contributed by atoms with Crippen molar-refractivity contribution in [1.29, 1.82) is 0 Å². The lowest BCUT2D eigenvalue weighted by molar-refractivity contribution is 0.713. The van der Waals surface area contributed by atoms with Gasteiger partial charge in [-0.25, -0.2) is 0 Å². The molecule has 1 N–H and O–H groups in total. The first-order valence-electron chi connectivity index (χ1n) is 3.77. The van der Waals surface area contributed by atoms with Crippen molar-refractivity contribution in [3.8, 4) is 0 Å². The molecule has 0 aliphatic rings. The van der Waals surface area contributed by atoms with Gasteiger partial charge in [-0.1, -0.05) is 6.92 Å². The van der Waals surface area contributed by atoms with Gasteiger partial charge in [0, 0.05) is 18.7 Å². The fraction of sp³-hybridized carbons (Fsp3) is 0.714. The third-order valence-electron chi connectivity index (χ3n) is 1.77. The molecule has 0 aliphatic carbocycles. The molecule has 1 atom stereocenters. The van der Waals surface area contributed by atoms with Gasteiger partial charge in [-0.05, 0) is 18.5 Å². The molecule has 0 spiro atoms. The number of H-pyrrole nitrogens is 1. The van der Waals surface area contributed by atoms with Gasteiger partial charge >= 0.3 is 0 Å². The molecule has 0 amide bonds. The summed E-state index contributed by atoms with van der Waals surface area (Å²) in [4.78, 5) is 0. The van der Waals surface area contributed by atoms with E-state index in [9.17, 15) is 0 Å². The van der Waals surface area contributed by atoms with Crippen molar-refractivity contribution in [2.24, 2.45) is 7.05 Å². The minimum Gasteiger partial charge on any atom is -0.307 e. The van der Waals surface area contributed by atoms with Gasteiger partial charge in [-0.2, -0.15) is 16.9 Å². The second-order valence-electron chi connectivity index (χ2n) is 2.80. The van der Waals surface area contributed by atoms with Gasteiger partial charge in [-0.3, -0.25) is 5.10 Å². The predicted molar refractivity (Wildman–Crippen MR) is 55.2 cm³/mol. The molecule has 0 fully saturated rings. The first-order chi connectivity index (χ1) is 5.66. The molecule has 0 aromatic carbocycles. The van der Waals surface area contributed by atoms with E-state index in [1.807, 2.05) is 23.4 Å². The van der Waals surface area contributed by atoms with Crippen LogP contribution in [0.2, 0.25) is 0 Å². The smallest absolute Gasteiger partial charge is 0.194 e. The Bertz CT molecular complexity index is 302. The molecule has 0 radical (unpaired) electrons. The van der Waals surface area contributed by atoms with Crippen LogP contribution in [0.1, 0.15) is 18.7 Å². The molecule has 1 aromatic rings. The molecule has 5 heteroatoms. The summed E-state index contributed by atoms with van der Waals surface area (Å²) < 4.78 is 2.62. The summed E-state index contributed by atoms with van der Waals surface area (Å²) in [5, 5.41) is 6.95. The van der Waals surface area contributed by atoms with Crippen molar-refractivity contribution in [2.75, 3.05) is 12.0 Å². The first-order valence-corrected chi connectivity index (χ1v) is 5.57. The van der Waals surface area contributed by atoms with Gasteiger partial charge in [0.2, 0.25) is 0 Å². The quantitative estimate of drug-likeness (QED) is 0.762. The number of nitrogens with zero attached hydrogens (tertiary/aromatic N) is 2. The SMILES string of the molecule is CSCC(C)c1n[nH]c(=S)n1C. The highest BCUT2D eigenvalue weighted by Crippen LogP contribution is 2.15. The molecular weight excluding hydrogens is 190 g/mol. The highest BCUT2D eigenvalue weighted by Gasteiger charge is 2.10. The summed E-state index contributed by atoms with van der Waals surface area (Å²) in [7, 11) is 1.94. The normalized spacial score (nSPS) is 13.2. The second-order valence-corrected chi connectivity index (χ2v) is 4.10. The summed E-state index contributed by atoms with van der Waals surface area (Å²) >= 11 is 6.84. The topological polar surface area (TPSA) is 33.6 Å². The van der Waals surface area contributed by atoms with E-state index in [1.54, 1.807) is 0 Å². The number of rotatable bonds is 3. The van der Waals surface area contributed by atoms with Gasteiger partial charge < -0.3 is 4.57 Å². The zero-order valence-corrected chi connectivity index (χ0v) is 9.13. The summed E-state index contributed by atoms with van der Waals surface area (Å²) in [5.74, 6) is 2.57. The van der Waals surface area contributed by atoms with E-state index in [-0.39, 0.29) is 0 Å². The first kappa shape index (κ1) is 9.80. The van der Waals surface area contributed by atoms with Crippen LogP contribution in [0.15, 0.2) is 0 Å². The number of nitrogens with one attached hydrogen (secondary N) is 1. The van der Waals surface area contributed by atoms with Crippen LogP contribution in [0.4, 0.5) is 0 Å². The minimum atomic E-state index is 0.456. The summed E-state index contributed by atoms with van der Waals surface area (Å²) in [6, 6.07) is 0. The lowest BCUT2D eigenvalue weighted by Gasteiger charge is -2.07. The van der Waals surface area contributed by atoms with E-state index in [4.69, 9.17) is 12.2 Å². The van der Waals surface area contributed by atoms with Crippen LogP contribution >= 0.6 is 24.0 Å². The number of hydrogen-bond donors (Lipinski definition) is 1. The van der Waals surface area contributed by atoms with Crippen molar-refractivity contribution < 1.29 is 0 Å². The van der Waals surface area contributed by atoms with Crippen LogP contribution in [0.25, 0.3) is 0 Å². The van der Waals surface area contributed by atoms with Crippen LogP contribution in [0.3, 0.4) is 0 Å². The Kier molecular flexibility index (Phi) is 3.34. The number of aromatic amines is 1. The number of hydrogen-bond acceptors (Lipinski definition) is 3. The molecule has 0 saturated carbocycles. The zero-order valence-electron chi connectivity index (χ0n) is 7.50. The van der Waals surface area contributed by atoms with E-state index in [1.165, 1.54) is 0 Å². The Hall–Kier alpha value is -0.290. The van der Waals surface area contributed by atoms with E-state index in [2.05, 4.69) is 23.4 Å². The van der Waals surface area contributed by atoms with Crippen molar-refractivity contribution in [1.82, 2.24) is 14.8 Å². The lowest BCUT2D eigenvalue weighted by Crippen LogP contribution is -2.05. The standard InChI is InChI=1S/C7H13N3S2/c1-5(4-12-3)6-8-9-7(11)10(6)2/h5H,4H2,1-3H3,(H,9,11). The van der Waals surface area contributed by atoms with E-state index >= 15 is 0 Å². The minimum absolute atomic E-state index is 0.456. The number of aromatic nitrogens is 3. The van der Waals surface area contributed by atoms with Crippen LogP contribution in [0, 0.1) is 4.77 Å². The van der Waals surface area contributed by atoms with E-state index in [0.29, 0.717) is 10.7 Å². The molecule has 1 heterocycles. The molecule has 1 unspecified atom stereocenters. The fourth-order valence-corrected chi connectivity index (χ4v) is 1.91. The maximum Gasteiger partial charge on any atom is 0.194 e. The Morgan fingerprint density at radius 2 is 2.42 bits per heavy atom. The molecule has 0 bridgehead atoms. The van der Waals surface area contributed by atoms with Crippen LogP contribution in [-0.2, 0) is 7.05 Å². The van der Waals surface area contributed by atoms with Gasteiger partial charge in [0.1, 0.15) is 5.82 Å². The van der Waals surface area contributed by atoms with E-state index < -0.39 is 0 Å². The molecule has 68 valence electrons. The summed E-state index contributed by atoms with van der Waals surface area (Å²) in [6.45, 7) is 2.15. The van der Waals surface area contributed by atoms with Crippen molar-refractivity contribution >= 4 is 24.0 Å². The molecule has 0 saturated heterocycles. The molecule has 0 aliphatic heterocycles.